The van der Waals surface area contributed by atoms with Crippen molar-refractivity contribution < 1.29 is 13.8 Å². The largest absolute Gasteiger partial charge is 0.366 e. The van der Waals surface area contributed by atoms with E-state index in [-0.39, 0.29) is 6.23 Å². The Kier molecular flexibility index (Phi) is 6.59. The second kappa shape index (κ2) is 7.17. The molecule has 0 radical (unpaired) electrons. The summed E-state index contributed by atoms with van der Waals surface area (Å²) in [6, 6.07) is 0. The fraction of sp³-hybridized carbons (Fsp3) is 1.00. The maximum Gasteiger partial charge on any atom is 0.345 e. The van der Waals surface area contributed by atoms with Crippen LogP contribution in [-0.2, 0) is 13.8 Å². The van der Waals surface area contributed by atoms with Crippen molar-refractivity contribution in [2.45, 2.75) is 12.6 Å². The summed E-state index contributed by atoms with van der Waals surface area (Å²) in [5.74, 6) is 0.746. The number of hydrogen-bond donors (Lipinski definition) is 1. The van der Waals surface area contributed by atoms with Gasteiger partial charge in [0.15, 0.2) is 0 Å². The lowest BCUT2D eigenvalue weighted by molar-refractivity contribution is -0.0268. The fourth-order valence-corrected chi connectivity index (χ4v) is 4.20. The van der Waals surface area contributed by atoms with Crippen LogP contribution in [0.25, 0.3) is 0 Å². The highest BCUT2D eigenvalue weighted by molar-refractivity contribution is 7.54. The number of nitrogens with one attached hydrogen (secondary N) is 1. The van der Waals surface area contributed by atoms with Gasteiger partial charge in [-0.25, -0.2) is 5.09 Å². The van der Waals surface area contributed by atoms with E-state index < -0.39 is 7.67 Å². The summed E-state index contributed by atoms with van der Waals surface area (Å²) in [5.41, 5.74) is 0. The first-order valence-corrected chi connectivity index (χ1v) is 7.74. The third-order valence-electron chi connectivity index (χ3n) is 2.29. The first kappa shape index (κ1) is 14.7. The second-order valence-corrected chi connectivity index (χ2v) is 6.17. The minimum Gasteiger partial charge on any atom is -0.366 e. The molecule has 8 heteroatoms. The lowest BCUT2D eigenvalue weighted by Crippen LogP contribution is -2.44. The van der Waals surface area contributed by atoms with Crippen LogP contribution in [0.3, 0.4) is 0 Å². The molecular weight excluding hydrogens is 274 g/mol. The highest BCUT2D eigenvalue weighted by atomic mass is 35.5. The van der Waals surface area contributed by atoms with Gasteiger partial charge >= 0.3 is 7.67 Å². The van der Waals surface area contributed by atoms with Gasteiger partial charge in [0.25, 0.3) is 0 Å². The molecule has 1 fully saturated rings. The van der Waals surface area contributed by atoms with Crippen molar-refractivity contribution in [1.29, 1.82) is 0 Å². The van der Waals surface area contributed by atoms with Crippen LogP contribution < -0.4 is 5.09 Å². The Bertz CT molecular complexity index is 257. The quantitative estimate of drug-likeness (QED) is 0.598. The van der Waals surface area contributed by atoms with Gasteiger partial charge in [0.05, 0.1) is 6.61 Å². The molecular formula is C8H17Cl2N2O3P. The third kappa shape index (κ3) is 3.57. The van der Waals surface area contributed by atoms with E-state index in [1.165, 1.54) is 0 Å². The highest BCUT2D eigenvalue weighted by Gasteiger charge is 2.40. The van der Waals surface area contributed by atoms with E-state index in [1.807, 2.05) is 0 Å². The van der Waals surface area contributed by atoms with E-state index in [9.17, 15) is 4.57 Å². The minimum absolute atomic E-state index is 0.221. The Balaban J connectivity index is 2.73. The van der Waals surface area contributed by atoms with Crippen molar-refractivity contribution >= 4 is 30.9 Å². The zero-order valence-electron chi connectivity index (χ0n) is 9.20. The minimum atomic E-state index is -3.04. The Hall–Kier alpha value is 0.650. The maximum atomic E-state index is 12.5. The first-order chi connectivity index (χ1) is 7.68. The van der Waals surface area contributed by atoms with Crippen LogP contribution in [0, 0.1) is 0 Å². The van der Waals surface area contributed by atoms with Crippen molar-refractivity contribution in [2.75, 3.05) is 38.6 Å². The third-order valence-corrected chi connectivity index (χ3v) is 4.94. The van der Waals surface area contributed by atoms with Gasteiger partial charge in [0.1, 0.15) is 6.23 Å². The van der Waals surface area contributed by atoms with E-state index >= 15 is 0 Å². The number of nitrogens with zero attached hydrogens (tertiary/aromatic N) is 1. The molecule has 0 spiro atoms. The zero-order valence-corrected chi connectivity index (χ0v) is 11.6. The van der Waals surface area contributed by atoms with Crippen molar-refractivity contribution in [3.05, 3.63) is 0 Å². The lowest BCUT2D eigenvalue weighted by atomic mass is 10.4. The average molecular weight is 291 g/mol. The normalized spacial score (nSPS) is 31.8. The van der Waals surface area contributed by atoms with Crippen molar-refractivity contribution in [2.24, 2.45) is 0 Å². The predicted molar refractivity (Wildman–Crippen MR) is 65.1 cm³/mol. The van der Waals surface area contributed by atoms with Gasteiger partial charge < -0.3 is 9.26 Å². The summed E-state index contributed by atoms with van der Waals surface area (Å²) in [6.07, 6.45) is 0.459. The molecule has 0 aromatic rings. The van der Waals surface area contributed by atoms with E-state index in [0.717, 1.165) is 0 Å². The molecule has 0 aromatic carbocycles. The molecule has 0 saturated carbocycles. The summed E-state index contributed by atoms with van der Waals surface area (Å²) in [7, 11) is -1.45. The lowest BCUT2D eigenvalue weighted by Gasteiger charge is -2.39. The SMILES string of the molecule is CO[C@H]1CCOP(=O)(NCCCl)N1CCCl. The molecule has 1 heterocycles. The molecule has 0 aromatic heterocycles. The van der Waals surface area contributed by atoms with Crippen LogP contribution in [0.2, 0.25) is 0 Å². The molecule has 1 N–H and O–H groups in total. The Morgan fingerprint density at radius 1 is 1.56 bits per heavy atom. The van der Waals surface area contributed by atoms with Crippen LogP contribution in [0.4, 0.5) is 0 Å². The molecule has 1 aliphatic heterocycles. The topological polar surface area (TPSA) is 50.8 Å². The number of methoxy groups -OCH3 is 1. The molecule has 1 saturated heterocycles. The number of ether oxygens (including phenoxy) is 1. The Labute approximate surface area is 106 Å². The van der Waals surface area contributed by atoms with E-state index in [1.54, 1.807) is 11.8 Å². The first-order valence-electron chi connectivity index (χ1n) is 5.09. The molecule has 1 aliphatic rings. The predicted octanol–water partition coefficient (Wildman–Crippen LogP) is 1.86. The summed E-state index contributed by atoms with van der Waals surface area (Å²) >= 11 is 11.3. The van der Waals surface area contributed by atoms with Gasteiger partial charge in [-0.3, -0.25) is 4.57 Å². The second-order valence-electron chi connectivity index (χ2n) is 3.28. The summed E-state index contributed by atoms with van der Waals surface area (Å²) < 4.78 is 24.7. The van der Waals surface area contributed by atoms with Crippen LogP contribution in [0.5, 0.6) is 0 Å². The van der Waals surface area contributed by atoms with Crippen LogP contribution in [0.1, 0.15) is 6.42 Å². The van der Waals surface area contributed by atoms with Crippen molar-refractivity contribution in [1.82, 2.24) is 9.76 Å². The number of rotatable bonds is 6. The van der Waals surface area contributed by atoms with E-state index in [0.29, 0.717) is 37.9 Å². The molecule has 5 nitrogen and oxygen atoms in total. The highest BCUT2D eigenvalue weighted by Crippen LogP contribution is 2.51. The number of alkyl halides is 2. The molecule has 0 aliphatic carbocycles. The van der Waals surface area contributed by atoms with Gasteiger partial charge in [-0.15, -0.1) is 23.2 Å². The van der Waals surface area contributed by atoms with Gasteiger partial charge in [-0.05, 0) is 0 Å². The Morgan fingerprint density at radius 3 is 2.88 bits per heavy atom. The van der Waals surface area contributed by atoms with Gasteiger partial charge in [-0.1, -0.05) is 0 Å². The summed E-state index contributed by atoms with van der Waals surface area (Å²) in [4.78, 5) is 0. The average Bonchev–Trinajstić information content (AvgIpc) is 2.30. The molecule has 0 amide bonds. The molecule has 96 valence electrons. The van der Waals surface area contributed by atoms with Gasteiger partial charge in [-0.2, -0.15) is 4.67 Å². The number of halogens is 2. The monoisotopic (exact) mass is 290 g/mol. The van der Waals surface area contributed by atoms with Gasteiger partial charge in [0, 0.05) is 38.4 Å². The van der Waals surface area contributed by atoms with E-state index in [4.69, 9.17) is 32.5 Å². The maximum absolute atomic E-state index is 12.5. The number of hydrogen-bond acceptors (Lipinski definition) is 3. The van der Waals surface area contributed by atoms with Crippen LogP contribution in [-0.4, -0.2) is 49.5 Å². The van der Waals surface area contributed by atoms with Crippen molar-refractivity contribution in [3.8, 4) is 0 Å². The summed E-state index contributed by atoms with van der Waals surface area (Å²) in [5, 5.41) is 2.84. The van der Waals surface area contributed by atoms with Crippen molar-refractivity contribution in [3.63, 3.8) is 0 Å². The zero-order chi connectivity index (χ0) is 12.0. The smallest absolute Gasteiger partial charge is 0.345 e. The van der Waals surface area contributed by atoms with Crippen LogP contribution >= 0.6 is 30.9 Å². The standard InChI is InChI=1S/C8H17Cl2N2O3P/c1-14-8-2-7-15-16(13,11-5-3-9)12(8)6-4-10/h8H,2-7H2,1H3,(H,11,13)/t8-,16?/m0/s1. The van der Waals surface area contributed by atoms with Crippen LogP contribution in [0.15, 0.2) is 0 Å². The molecule has 16 heavy (non-hydrogen) atoms. The molecule has 1 rings (SSSR count). The Morgan fingerprint density at radius 2 is 2.31 bits per heavy atom. The molecule has 0 bridgehead atoms. The molecule has 2 atom stereocenters. The fourth-order valence-electron chi connectivity index (χ4n) is 1.59. The summed E-state index contributed by atoms with van der Waals surface area (Å²) in [6.45, 7) is 1.28. The van der Waals surface area contributed by atoms with Gasteiger partial charge in [0.2, 0.25) is 0 Å². The molecule has 1 unspecified atom stereocenters. The van der Waals surface area contributed by atoms with E-state index in [2.05, 4.69) is 5.09 Å².